The van der Waals surface area contributed by atoms with E-state index in [1.165, 1.54) is 6.07 Å². The summed E-state index contributed by atoms with van der Waals surface area (Å²) in [5, 5.41) is 0.912. The normalized spacial score (nSPS) is 11.1. The summed E-state index contributed by atoms with van der Waals surface area (Å²) in [7, 11) is 0. The second-order valence-corrected chi connectivity index (χ2v) is 4.55. The molecule has 3 rings (SSSR count). The molecule has 3 nitrogen and oxygen atoms in total. The van der Waals surface area contributed by atoms with Crippen LogP contribution in [0.3, 0.4) is 0 Å². The third-order valence-corrected chi connectivity index (χ3v) is 3.24. The van der Waals surface area contributed by atoms with Crippen molar-refractivity contribution in [1.29, 1.82) is 0 Å². The molecule has 0 unspecified atom stereocenters. The smallest absolute Gasteiger partial charge is 0.178 e. The lowest BCUT2D eigenvalue weighted by Gasteiger charge is -1.98. The molecule has 0 radical (unpaired) electrons. The van der Waals surface area contributed by atoms with E-state index in [0.29, 0.717) is 27.0 Å². The van der Waals surface area contributed by atoms with Crippen molar-refractivity contribution in [3.05, 3.63) is 46.3 Å². The van der Waals surface area contributed by atoms with Crippen molar-refractivity contribution in [2.75, 3.05) is 0 Å². The topological polar surface area (TPSA) is 41.6 Å². The van der Waals surface area contributed by atoms with E-state index in [9.17, 15) is 4.39 Å². The van der Waals surface area contributed by atoms with Gasteiger partial charge in [0.2, 0.25) is 0 Å². The molecule has 0 amide bonds. The minimum atomic E-state index is -0.410. The number of H-pyrrole nitrogens is 1. The van der Waals surface area contributed by atoms with Crippen LogP contribution in [0, 0.1) is 5.82 Å². The first-order valence-electron chi connectivity index (χ1n) is 5.10. The first kappa shape index (κ1) is 11.4. The van der Waals surface area contributed by atoms with E-state index in [0.717, 1.165) is 11.8 Å². The number of rotatable bonds is 1. The second kappa shape index (κ2) is 4.23. The van der Waals surface area contributed by atoms with Gasteiger partial charge in [-0.05, 0) is 18.2 Å². The maximum absolute atomic E-state index is 13.0. The summed E-state index contributed by atoms with van der Waals surface area (Å²) in [6, 6.07) is 6.50. The first-order valence-corrected chi connectivity index (χ1v) is 5.86. The van der Waals surface area contributed by atoms with Crippen molar-refractivity contribution in [2.24, 2.45) is 0 Å². The van der Waals surface area contributed by atoms with E-state index in [4.69, 9.17) is 23.2 Å². The summed E-state index contributed by atoms with van der Waals surface area (Å²) in [4.78, 5) is 11.1. The van der Waals surface area contributed by atoms with Crippen molar-refractivity contribution in [3.63, 3.8) is 0 Å². The van der Waals surface area contributed by atoms with E-state index in [-0.39, 0.29) is 0 Å². The zero-order valence-electron chi connectivity index (χ0n) is 8.92. The second-order valence-electron chi connectivity index (χ2n) is 3.74. The molecule has 6 heteroatoms. The van der Waals surface area contributed by atoms with Crippen LogP contribution in [0.2, 0.25) is 10.0 Å². The van der Waals surface area contributed by atoms with Gasteiger partial charge < -0.3 is 4.98 Å². The fourth-order valence-electron chi connectivity index (χ4n) is 1.65. The molecular formula is C12H6Cl2FN3. The Hall–Kier alpha value is -1.65. The van der Waals surface area contributed by atoms with Crippen molar-refractivity contribution in [1.82, 2.24) is 15.0 Å². The van der Waals surface area contributed by atoms with Crippen molar-refractivity contribution >= 4 is 34.4 Å². The summed E-state index contributed by atoms with van der Waals surface area (Å²) in [6.45, 7) is 0. The Balaban J connectivity index is 2.16. The zero-order chi connectivity index (χ0) is 12.7. The number of nitrogens with one attached hydrogen (secondary N) is 1. The summed E-state index contributed by atoms with van der Waals surface area (Å²) in [5.41, 5.74) is 1.76. The van der Waals surface area contributed by atoms with Crippen LogP contribution in [-0.2, 0) is 0 Å². The van der Waals surface area contributed by atoms with Crippen LogP contribution >= 0.6 is 23.2 Å². The number of benzene rings is 1. The number of hydrogen-bond acceptors (Lipinski definition) is 2. The molecule has 0 atom stereocenters. The molecule has 90 valence electrons. The Morgan fingerprint density at radius 3 is 2.72 bits per heavy atom. The van der Waals surface area contributed by atoms with Crippen LogP contribution in [0.25, 0.3) is 22.6 Å². The quantitative estimate of drug-likeness (QED) is 0.731. The van der Waals surface area contributed by atoms with E-state index in [2.05, 4.69) is 15.0 Å². The maximum atomic E-state index is 13.0. The van der Waals surface area contributed by atoms with Gasteiger partial charge in [-0.15, -0.1) is 0 Å². The van der Waals surface area contributed by atoms with Crippen LogP contribution in [-0.4, -0.2) is 15.0 Å². The van der Waals surface area contributed by atoms with E-state index in [1.807, 2.05) is 0 Å². The largest absolute Gasteiger partial charge is 0.336 e. The number of pyridine rings is 1. The Labute approximate surface area is 112 Å². The van der Waals surface area contributed by atoms with Crippen LogP contribution in [0.5, 0.6) is 0 Å². The Morgan fingerprint density at radius 1 is 1.11 bits per heavy atom. The van der Waals surface area contributed by atoms with Gasteiger partial charge in [0.05, 0.1) is 21.8 Å². The third kappa shape index (κ3) is 1.94. The zero-order valence-corrected chi connectivity index (χ0v) is 10.4. The van der Waals surface area contributed by atoms with Gasteiger partial charge in [-0.3, -0.25) is 0 Å². The standard InChI is InChI=1S/C12H6Cl2FN3/c13-8-2-1-6(3-9(8)14)11-17-10-4-7(15)5-16-12(10)18-11/h1-5H,(H,16,17,18). The van der Waals surface area contributed by atoms with E-state index in [1.54, 1.807) is 18.2 Å². The minimum Gasteiger partial charge on any atom is -0.336 e. The Kier molecular flexibility index (Phi) is 2.69. The number of aromatic nitrogens is 3. The van der Waals surface area contributed by atoms with Gasteiger partial charge >= 0.3 is 0 Å². The van der Waals surface area contributed by atoms with Gasteiger partial charge in [-0.25, -0.2) is 14.4 Å². The highest BCUT2D eigenvalue weighted by atomic mass is 35.5. The molecule has 0 aliphatic heterocycles. The summed E-state index contributed by atoms with van der Waals surface area (Å²) in [5.74, 6) is 0.161. The van der Waals surface area contributed by atoms with Crippen LogP contribution in [0.4, 0.5) is 4.39 Å². The number of aromatic amines is 1. The van der Waals surface area contributed by atoms with Gasteiger partial charge in [0.25, 0.3) is 0 Å². The number of imidazole rings is 1. The molecule has 0 spiro atoms. The SMILES string of the molecule is Fc1cnc2nc(-c3ccc(Cl)c(Cl)c3)[nH]c2c1. The lowest BCUT2D eigenvalue weighted by Crippen LogP contribution is -1.80. The molecule has 1 N–H and O–H groups in total. The van der Waals surface area contributed by atoms with E-state index < -0.39 is 5.82 Å². The van der Waals surface area contributed by atoms with Gasteiger partial charge in [0.15, 0.2) is 5.65 Å². The lowest BCUT2D eigenvalue weighted by molar-refractivity contribution is 0.624. The average Bonchev–Trinajstić information content (AvgIpc) is 2.75. The molecular weight excluding hydrogens is 276 g/mol. The molecule has 3 aromatic rings. The molecule has 0 bridgehead atoms. The molecule has 2 aromatic heterocycles. The van der Waals surface area contributed by atoms with Gasteiger partial charge in [0, 0.05) is 11.6 Å². The molecule has 0 aliphatic carbocycles. The highest BCUT2D eigenvalue weighted by Gasteiger charge is 2.08. The fraction of sp³-hybridized carbons (Fsp3) is 0. The highest BCUT2D eigenvalue weighted by molar-refractivity contribution is 6.42. The van der Waals surface area contributed by atoms with E-state index >= 15 is 0 Å². The molecule has 1 aromatic carbocycles. The van der Waals surface area contributed by atoms with Gasteiger partial charge in [-0.1, -0.05) is 23.2 Å². The molecule has 0 saturated heterocycles. The molecule has 0 aliphatic rings. The number of nitrogens with zero attached hydrogens (tertiary/aromatic N) is 2. The fourth-order valence-corrected chi connectivity index (χ4v) is 1.95. The highest BCUT2D eigenvalue weighted by Crippen LogP contribution is 2.27. The summed E-state index contributed by atoms with van der Waals surface area (Å²) >= 11 is 11.8. The number of hydrogen-bond donors (Lipinski definition) is 1. The molecule has 0 saturated carbocycles. The predicted molar refractivity (Wildman–Crippen MR) is 69.3 cm³/mol. The van der Waals surface area contributed by atoms with Crippen LogP contribution < -0.4 is 0 Å². The number of fused-ring (bicyclic) bond motifs is 1. The average molecular weight is 282 g/mol. The first-order chi connectivity index (χ1) is 8.63. The number of halogens is 3. The van der Waals surface area contributed by atoms with Crippen LogP contribution in [0.15, 0.2) is 30.5 Å². The van der Waals surface area contributed by atoms with Gasteiger partial charge in [-0.2, -0.15) is 0 Å². The van der Waals surface area contributed by atoms with Crippen LogP contribution in [0.1, 0.15) is 0 Å². The Bertz CT molecular complexity index is 739. The van der Waals surface area contributed by atoms with Crippen molar-refractivity contribution in [3.8, 4) is 11.4 Å². The Morgan fingerprint density at radius 2 is 1.94 bits per heavy atom. The summed E-state index contributed by atoms with van der Waals surface area (Å²) in [6.07, 6.45) is 1.13. The molecule has 0 fully saturated rings. The third-order valence-electron chi connectivity index (χ3n) is 2.50. The summed E-state index contributed by atoms with van der Waals surface area (Å²) < 4.78 is 13.0. The van der Waals surface area contributed by atoms with Crippen molar-refractivity contribution < 1.29 is 4.39 Å². The predicted octanol–water partition coefficient (Wildman–Crippen LogP) is 4.07. The molecule has 2 heterocycles. The monoisotopic (exact) mass is 281 g/mol. The molecule has 18 heavy (non-hydrogen) atoms. The van der Waals surface area contributed by atoms with Crippen molar-refractivity contribution in [2.45, 2.75) is 0 Å². The van der Waals surface area contributed by atoms with Gasteiger partial charge in [0.1, 0.15) is 11.6 Å². The lowest BCUT2D eigenvalue weighted by atomic mass is 10.2. The minimum absolute atomic E-state index is 0.410. The maximum Gasteiger partial charge on any atom is 0.178 e.